The van der Waals surface area contributed by atoms with Gasteiger partial charge in [-0.15, -0.1) is 0 Å². The van der Waals surface area contributed by atoms with Gasteiger partial charge in [0.05, 0.1) is 0 Å². The van der Waals surface area contributed by atoms with E-state index in [1.165, 1.54) is 17.7 Å². The number of hydrogen-bond acceptors (Lipinski definition) is 1. The van der Waals surface area contributed by atoms with E-state index in [0.717, 1.165) is 6.42 Å². The minimum atomic E-state index is 0.591. The van der Waals surface area contributed by atoms with Crippen LogP contribution in [-0.2, 0) is 6.42 Å². The zero-order chi connectivity index (χ0) is 13.0. The maximum absolute atomic E-state index is 4.39. The molecule has 0 unspecified atom stereocenters. The molecule has 0 aliphatic rings. The Balaban J connectivity index is 0. The summed E-state index contributed by atoms with van der Waals surface area (Å²) in [7, 11) is 0. The number of nitrogens with zero attached hydrogens (tertiary/aromatic N) is 1. The van der Waals surface area contributed by atoms with Gasteiger partial charge in [-0.1, -0.05) is 61.0 Å². The van der Waals surface area contributed by atoms with E-state index in [0.29, 0.717) is 5.92 Å². The number of aromatic nitrogens is 1. The number of pyridine rings is 1. The van der Waals surface area contributed by atoms with Gasteiger partial charge < -0.3 is 0 Å². The molecule has 0 saturated heterocycles. The summed E-state index contributed by atoms with van der Waals surface area (Å²) in [6, 6.07) is 4.32. The highest BCUT2D eigenvalue weighted by atomic mass is 14.7. The van der Waals surface area contributed by atoms with E-state index in [1.807, 2.05) is 33.9 Å². The summed E-state index contributed by atoms with van der Waals surface area (Å²) in [5.41, 5.74) is 2.54. The van der Waals surface area contributed by atoms with Crippen LogP contribution in [0.2, 0.25) is 0 Å². The molecule has 0 saturated carbocycles. The van der Waals surface area contributed by atoms with Gasteiger partial charge in [-0.25, -0.2) is 0 Å². The molecule has 1 aromatic rings. The minimum absolute atomic E-state index is 0.591. The molecule has 1 aromatic heterocycles. The zero-order valence-electron chi connectivity index (χ0n) is 12.2. The summed E-state index contributed by atoms with van der Waals surface area (Å²) in [5.74, 6) is 0.591. The third-order valence-corrected chi connectivity index (χ3v) is 2.02. The fraction of sp³-hybridized carbons (Fsp3) is 0.667. The Morgan fingerprint density at radius 2 is 1.62 bits per heavy atom. The summed E-state index contributed by atoms with van der Waals surface area (Å²) in [5, 5.41) is 0. The summed E-state index contributed by atoms with van der Waals surface area (Å²) in [6.45, 7) is 14.6. The molecule has 0 aliphatic heterocycles. The van der Waals surface area contributed by atoms with Gasteiger partial charge in [0.2, 0.25) is 0 Å². The third-order valence-electron chi connectivity index (χ3n) is 2.02. The highest BCUT2D eigenvalue weighted by Crippen LogP contribution is 2.12. The van der Waals surface area contributed by atoms with Crippen molar-refractivity contribution < 1.29 is 0 Å². The van der Waals surface area contributed by atoms with E-state index in [9.17, 15) is 0 Å². The van der Waals surface area contributed by atoms with Gasteiger partial charge in [-0.2, -0.15) is 0 Å². The topological polar surface area (TPSA) is 12.9 Å². The minimum Gasteiger partial charge on any atom is -0.261 e. The van der Waals surface area contributed by atoms with Crippen molar-refractivity contribution in [3.8, 4) is 0 Å². The maximum Gasteiger partial charge on any atom is 0.0403 e. The van der Waals surface area contributed by atoms with Crippen molar-refractivity contribution in [3.63, 3.8) is 0 Å². The van der Waals surface area contributed by atoms with Gasteiger partial charge in [-0.05, 0) is 24.0 Å². The van der Waals surface area contributed by atoms with Gasteiger partial charge in [0, 0.05) is 11.9 Å². The molecule has 1 rings (SSSR count). The van der Waals surface area contributed by atoms with E-state index in [1.54, 1.807) is 0 Å². The third kappa shape index (κ3) is 7.44. The predicted octanol–water partition coefficient (Wildman–Crippen LogP) is 5.21. The molecular weight excluding hydrogens is 194 g/mol. The van der Waals surface area contributed by atoms with E-state index in [4.69, 9.17) is 0 Å². The lowest BCUT2D eigenvalue weighted by Crippen LogP contribution is -1.92. The van der Waals surface area contributed by atoms with Crippen molar-refractivity contribution in [2.75, 3.05) is 0 Å². The van der Waals surface area contributed by atoms with Crippen LogP contribution in [0.3, 0.4) is 0 Å². The van der Waals surface area contributed by atoms with Crippen molar-refractivity contribution in [2.24, 2.45) is 0 Å². The first kappa shape index (κ1) is 17.5. The average molecular weight is 223 g/mol. The molecular formula is C15H29N. The molecule has 1 heterocycles. The highest BCUT2D eigenvalue weighted by molar-refractivity contribution is 5.17. The molecule has 0 fully saturated rings. The summed E-state index contributed by atoms with van der Waals surface area (Å²) < 4.78 is 0. The molecule has 1 nitrogen and oxygen atoms in total. The van der Waals surface area contributed by atoms with Crippen LogP contribution in [-0.4, -0.2) is 4.98 Å². The standard InChI is InChI=1S/C11H17N.2C2H6/c1-4-5-11-7-6-10(8-12-11)9(2)3;2*1-2/h6-9H,4-5H2,1-3H3;2*1-2H3. The number of hydrogen-bond donors (Lipinski definition) is 0. The second-order valence-corrected chi connectivity index (χ2v) is 3.49. The Morgan fingerprint density at radius 1 is 1.06 bits per heavy atom. The second-order valence-electron chi connectivity index (χ2n) is 3.49. The number of aryl methyl sites for hydroxylation is 1. The molecule has 0 bridgehead atoms. The molecule has 0 spiro atoms. The second kappa shape index (κ2) is 12.2. The van der Waals surface area contributed by atoms with Crippen molar-refractivity contribution in [2.45, 2.75) is 67.2 Å². The van der Waals surface area contributed by atoms with Gasteiger partial charge in [0.15, 0.2) is 0 Å². The molecule has 0 amide bonds. The highest BCUT2D eigenvalue weighted by Gasteiger charge is 1.98. The first-order valence-corrected chi connectivity index (χ1v) is 6.69. The van der Waals surface area contributed by atoms with Crippen LogP contribution < -0.4 is 0 Å². The molecule has 94 valence electrons. The maximum atomic E-state index is 4.39. The first-order chi connectivity index (χ1) is 7.74. The molecule has 0 aliphatic carbocycles. The summed E-state index contributed by atoms with van der Waals surface area (Å²) in [4.78, 5) is 4.39. The molecule has 0 radical (unpaired) electrons. The van der Waals surface area contributed by atoms with Crippen LogP contribution >= 0.6 is 0 Å². The molecule has 0 aromatic carbocycles. The lowest BCUT2D eigenvalue weighted by Gasteiger charge is -2.04. The summed E-state index contributed by atoms with van der Waals surface area (Å²) in [6.07, 6.45) is 4.27. The van der Waals surface area contributed by atoms with Crippen molar-refractivity contribution >= 4 is 0 Å². The average Bonchev–Trinajstić information content (AvgIpc) is 2.35. The summed E-state index contributed by atoms with van der Waals surface area (Å²) >= 11 is 0. The first-order valence-electron chi connectivity index (χ1n) is 6.69. The van der Waals surface area contributed by atoms with Crippen molar-refractivity contribution in [1.29, 1.82) is 0 Å². The monoisotopic (exact) mass is 223 g/mol. The van der Waals surface area contributed by atoms with Gasteiger partial charge in [0.25, 0.3) is 0 Å². The SMILES string of the molecule is CC.CC.CCCc1ccc(C(C)C)cn1. The van der Waals surface area contributed by atoms with E-state index in [2.05, 4.69) is 37.9 Å². The fourth-order valence-electron chi connectivity index (χ4n) is 1.18. The zero-order valence-corrected chi connectivity index (χ0v) is 12.2. The van der Waals surface area contributed by atoms with Crippen LogP contribution in [0.15, 0.2) is 18.3 Å². The predicted molar refractivity (Wildman–Crippen MR) is 75.0 cm³/mol. The Morgan fingerprint density at radius 3 is 1.94 bits per heavy atom. The van der Waals surface area contributed by atoms with Gasteiger partial charge >= 0.3 is 0 Å². The fourth-order valence-corrected chi connectivity index (χ4v) is 1.18. The lowest BCUT2D eigenvalue weighted by atomic mass is 10.1. The van der Waals surface area contributed by atoms with Gasteiger partial charge in [0.1, 0.15) is 0 Å². The molecule has 0 N–H and O–H groups in total. The van der Waals surface area contributed by atoms with Crippen LogP contribution in [0.4, 0.5) is 0 Å². The van der Waals surface area contributed by atoms with Crippen LogP contribution in [0, 0.1) is 0 Å². The Kier molecular flexibility index (Phi) is 13.4. The number of rotatable bonds is 3. The van der Waals surface area contributed by atoms with Crippen LogP contribution in [0.1, 0.15) is 72.1 Å². The van der Waals surface area contributed by atoms with E-state index in [-0.39, 0.29) is 0 Å². The smallest absolute Gasteiger partial charge is 0.0403 e. The van der Waals surface area contributed by atoms with Crippen molar-refractivity contribution in [3.05, 3.63) is 29.6 Å². The van der Waals surface area contributed by atoms with Gasteiger partial charge in [-0.3, -0.25) is 4.98 Å². The lowest BCUT2D eigenvalue weighted by molar-refractivity contribution is 0.836. The molecule has 1 heteroatoms. The van der Waals surface area contributed by atoms with E-state index < -0.39 is 0 Å². The Labute approximate surface area is 102 Å². The van der Waals surface area contributed by atoms with E-state index >= 15 is 0 Å². The largest absolute Gasteiger partial charge is 0.261 e. The molecule has 0 atom stereocenters. The normalized spacial score (nSPS) is 8.75. The quantitative estimate of drug-likeness (QED) is 0.685. The van der Waals surface area contributed by atoms with Crippen molar-refractivity contribution in [1.82, 2.24) is 4.98 Å². The Bertz CT molecular complexity index is 224. The Hall–Kier alpha value is -0.850. The van der Waals surface area contributed by atoms with Crippen LogP contribution in [0.5, 0.6) is 0 Å². The molecule has 16 heavy (non-hydrogen) atoms. The van der Waals surface area contributed by atoms with Crippen LogP contribution in [0.25, 0.3) is 0 Å².